The molecule has 2 N–H and O–H groups in total. The number of nitrogens with one attached hydrogen (secondary N) is 2. The van der Waals surface area contributed by atoms with Crippen molar-refractivity contribution >= 4 is 27.6 Å². The second kappa shape index (κ2) is 8.08. The first kappa shape index (κ1) is 19.8. The minimum Gasteiger partial charge on any atom is -0.312 e. The number of benzene rings is 1. The van der Waals surface area contributed by atoms with Gasteiger partial charge in [0, 0.05) is 30.9 Å². The lowest BCUT2D eigenvalue weighted by molar-refractivity contribution is -0.118. The minimum atomic E-state index is -3.87. The number of hydrogen-bond acceptors (Lipinski definition) is 6. The van der Waals surface area contributed by atoms with Gasteiger partial charge in [-0.05, 0) is 49.6 Å². The Hall–Kier alpha value is -2.52. The molecule has 1 fully saturated rings. The van der Waals surface area contributed by atoms with Gasteiger partial charge in [0.1, 0.15) is 0 Å². The molecule has 8 nitrogen and oxygen atoms in total. The fourth-order valence-corrected chi connectivity index (χ4v) is 4.85. The van der Waals surface area contributed by atoms with E-state index < -0.39 is 10.0 Å². The first-order valence-corrected chi connectivity index (χ1v) is 11.5. The molecule has 3 heterocycles. The summed E-state index contributed by atoms with van der Waals surface area (Å²) in [6.07, 6.45) is 5.90. The molecule has 1 amide bonds. The third-order valence-electron chi connectivity index (χ3n) is 5.44. The van der Waals surface area contributed by atoms with E-state index in [9.17, 15) is 13.2 Å². The topological polar surface area (TPSA) is 104 Å². The van der Waals surface area contributed by atoms with Gasteiger partial charge in [0.25, 0.3) is 10.0 Å². The maximum absolute atomic E-state index is 12.9. The summed E-state index contributed by atoms with van der Waals surface area (Å²) < 4.78 is 28.3. The first-order chi connectivity index (χ1) is 14.0. The molecule has 2 aliphatic rings. The van der Waals surface area contributed by atoms with Gasteiger partial charge in [-0.25, -0.2) is 23.1 Å². The number of carbonyl (C=O) groups excluding carboxylic acids is 1. The molecule has 2 aromatic rings. The van der Waals surface area contributed by atoms with Crippen LogP contribution in [0, 0.1) is 0 Å². The second-order valence-electron chi connectivity index (χ2n) is 7.35. The molecule has 1 unspecified atom stereocenters. The van der Waals surface area contributed by atoms with Gasteiger partial charge < -0.3 is 10.2 Å². The van der Waals surface area contributed by atoms with Gasteiger partial charge in [0.05, 0.1) is 10.6 Å². The molecule has 9 heteroatoms. The molecule has 0 saturated carbocycles. The number of rotatable bonds is 5. The molecule has 2 aliphatic heterocycles. The van der Waals surface area contributed by atoms with E-state index >= 15 is 0 Å². The summed E-state index contributed by atoms with van der Waals surface area (Å²) in [4.78, 5) is 22.4. The summed E-state index contributed by atoms with van der Waals surface area (Å²) in [5, 5.41) is 3.40. The van der Waals surface area contributed by atoms with Crippen LogP contribution in [0.2, 0.25) is 0 Å². The van der Waals surface area contributed by atoms with Crippen molar-refractivity contribution in [2.45, 2.75) is 50.0 Å². The monoisotopic (exact) mass is 415 g/mol. The normalized spacial score (nSPS) is 19.1. The molecule has 0 aliphatic carbocycles. The molecule has 1 saturated heterocycles. The molecule has 29 heavy (non-hydrogen) atoms. The fourth-order valence-electron chi connectivity index (χ4n) is 3.88. The smallest absolute Gasteiger partial charge is 0.264 e. The number of sulfonamides is 1. The Labute approximate surface area is 170 Å². The zero-order valence-electron chi connectivity index (χ0n) is 16.4. The van der Waals surface area contributed by atoms with Crippen LogP contribution in [0.1, 0.15) is 49.9 Å². The standard InChI is InChI=1S/C20H25N5O3S/c1-2-19(26)25-12-9-14-6-7-15(13-18(14)25)29(27,28)24-20-22-11-8-17(23-20)16-5-3-4-10-21-16/h6-8,11,13,16,21H,2-5,9-10,12H2,1H3,(H,22,23,24). The molecular formula is C20H25N5O3S. The SMILES string of the molecule is CCC(=O)N1CCc2ccc(S(=O)(=O)Nc3nccc(C4CCCCN4)n3)cc21. The zero-order valence-corrected chi connectivity index (χ0v) is 17.2. The summed E-state index contributed by atoms with van der Waals surface area (Å²) in [5.74, 6) is 0.0409. The highest BCUT2D eigenvalue weighted by atomic mass is 32.2. The van der Waals surface area contributed by atoms with Crippen molar-refractivity contribution in [2.75, 3.05) is 22.7 Å². The number of carbonyl (C=O) groups is 1. The van der Waals surface area contributed by atoms with Crippen LogP contribution in [0.5, 0.6) is 0 Å². The molecule has 154 valence electrons. The van der Waals surface area contributed by atoms with Gasteiger partial charge >= 0.3 is 0 Å². The molecule has 0 spiro atoms. The van der Waals surface area contributed by atoms with Gasteiger partial charge in [-0.2, -0.15) is 0 Å². The van der Waals surface area contributed by atoms with Gasteiger partial charge in [-0.1, -0.05) is 19.4 Å². The number of amides is 1. The van der Waals surface area contributed by atoms with E-state index in [-0.39, 0.29) is 22.8 Å². The Morgan fingerprint density at radius 2 is 2.17 bits per heavy atom. The van der Waals surface area contributed by atoms with E-state index in [1.807, 2.05) is 6.07 Å². The molecule has 0 radical (unpaired) electrons. The van der Waals surface area contributed by atoms with E-state index in [0.717, 1.165) is 43.5 Å². The van der Waals surface area contributed by atoms with Crippen molar-refractivity contribution in [3.63, 3.8) is 0 Å². The fraction of sp³-hybridized carbons (Fsp3) is 0.450. The van der Waals surface area contributed by atoms with E-state index in [2.05, 4.69) is 20.0 Å². The Balaban J connectivity index is 1.58. The van der Waals surface area contributed by atoms with Crippen molar-refractivity contribution in [3.05, 3.63) is 41.7 Å². The minimum absolute atomic E-state index is 0.0118. The van der Waals surface area contributed by atoms with E-state index in [1.54, 1.807) is 36.2 Å². The molecular weight excluding hydrogens is 390 g/mol. The number of nitrogens with zero attached hydrogens (tertiary/aromatic N) is 3. The van der Waals surface area contributed by atoms with Crippen molar-refractivity contribution in [1.29, 1.82) is 0 Å². The highest BCUT2D eigenvalue weighted by Gasteiger charge is 2.26. The number of anilines is 2. The second-order valence-corrected chi connectivity index (χ2v) is 9.03. The number of hydrogen-bond donors (Lipinski definition) is 2. The van der Waals surface area contributed by atoms with Crippen LogP contribution in [0.3, 0.4) is 0 Å². The lowest BCUT2D eigenvalue weighted by Crippen LogP contribution is -2.28. The third-order valence-corrected chi connectivity index (χ3v) is 6.76. The van der Waals surface area contributed by atoms with Crippen molar-refractivity contribution in [2.24, 2.45) is 0 Å². The van der Waals surface area contributed by atoms with E-state index in [1.165, 1.54) is 0 Å². The quantitative estimate of drug-likeness (QED) is 0.777. The Bertz CT molecular complexity index is 1020. The maximum Gasteiger partial charge on any atom is 0.264 e. The zero-order chi connectivity index (χ0) is 20.4. The predicted molar refractivity (Wildman–Crippen MR) is 110 cm³/mol. The predicted octanol–water partition coefficient (Wildman–Crippen LogP) is 2.39. The van der Waals surface area contributed by atoms with E-state index in [4.69, 9.17) is 0 Å². The Morgan fingerprint density at radius 1 is 1.31 bits per heavy atom. The summed E-state index contributed by atoms with van der Waals surface area (Å²) in [6, 6.07) is 6.82. The van der Waals surface area contributed by atoms with Crippen LogP contribution in [0.4, 0.5) is 11.6 Å². The summed E-state index contributed by atoms with van der Waals surface area (Å²) >= 11 is 0. The van der Waals surface area contributed by atoms with Crippen LogP contribution in [0.15, 0.2) is 35.4 Å². The van der Waals surface area contributed by atoms with Gasteiger partial charge in [0.15, 0.2) is 0 Å². The number of aromatic nitrogens is 2. The first-order valence-electron chi connectivity index (χ1n) is 10.0. The Morgan fingerprint density at radius 3 is 2.93 bits per heavy atom. The molecule has 1 atom stereocenters. The van der Waals surface area contributed by atoms with Gasteiger partial charge in [-0.3, -0.25) is 4.79 Å². The van der Waals surface area contributed by atoms with Gasteiger partial charge in [0.2, 0.25) is 11.9 Å². The van der Waals surface area contributed by atoms with Crippen molar-refractivity contribution < 1.29 is 13.2 Å². The van der Waals surface area contributed by atoms with Crippen LogP contribution < -0.4 is 14.9 Å². The van der Waals surface area contributed by atoms with E-state index in [0.29, 0.717) is 18.7 Å². The van der Waals surface area contributed by atoms with Crippen LogP contribution in [0.25, 0.3) is 0 Å². The summed E-state index contributed by atoms with van der Waals surface area (Å²) in [7, 11) is -3.87. The highest BCUT2D eigenvalue weighted by molar-refractivity contribution is 7.92. The average Bonchev–Trinajstić information content (AvgIpc) is 3.17. The van der Waals surface area contributed by atoms with Crippen molar-refractivity contribution in [1.82, 2.24) is 15.3 Å². The third kappa shape index (κ3) is 4.11. The maximum atomic E-state index is 12.9. The summed E-state index contributed by atoms with van der Waals surface area (Å²) in [6.45, 7) is 3.31. The number of piperidine rings is 1. The van der Waals surface area contributed by atoms with Crippen LogP contribution >= 0.6 is 0 Å². The molecule has 1 aromatic heterocycles. The lowest BCUT2D eigenvalue weighted by Gasteiger charge is -2.23. The Kier molecular flexibility index (Phi) is 5.51. The number of fused-ring (bicyclic) bond motifs is 1. The van der Waals surface area contributed by atoms with Gasteiger partial charge in [-0.15, -0.1) is 0 Å². The molecule has 1 aromatic carbocycles. The largest absolute Gasteiger partial charge is 0.312 e. The average molecular weight is 416 g/mol. The highest BCUT2D eigenvalue weighted by Crippen LogP contribution is 2.31. The van der Waals surface area contributed by atoms with Crippen molar-refractivity contribution in [3.8, 4) is 0 Å². The van der Waals surface area contributed by atoms with Crippen LogP contribution in [-0.2, 0) is 21.2 Å². The van der Waals surface area contributed by atoms with Crippen LogP contribution in [-0.4, -0.2) is 37.4 Å². The molecule has 0 bridgehead atoms. The molecule has 4 rings (SSSR count). The summed E-state index contributed by atoms with van der Waals surface area (Å²) in [5.41, 5.74) is 2.43. The lowest BCUT2D eigenvalue weighted by atomic mass is 10.0.